The summed E-state index contributed by atoms with van der Waals surface area (Å²) in [6.45, 7) is 3.23. The predicted molar refractivity (Wildman–Crippen MR) is 81.7 cm³/mol. The molecule has 0 radical (unpaired) electrons. The number of halogens is 2. The largest absolute Gasteiger partial charge is 0.338 e. The average molecular weight is 339 g/mol. The lowest BCUT2D eigenvalue weighted by molar-refractivity contribution is 0.0485. The number of carbonyl (C=O) groups is 1. The molecule has 6 nitrogen and oxygen atoms in total. The molecule has 2 aromatic rings. The van der Waals surface area contributed by atoms with E-state index < -0.39 is 5.82 Å². The molecule has 1 amide bonds. The van der Waals surface area contributed by atoms with Gasteiger partial charge in [0.1, 0.15) is 11.9 Å². The fourth-order valence-corrected chi connectivity index (χ4v) is 2.77. The highest BCUT2D eigenvalue weighted by molar-refractivity contribution is 6.30. The van der Waals surface area contributed by atoms with E-state index in [1.165, 1.54) is 12.1 Å². The Morgan fingerprint density at radius 2 is 2.22 bits per heavy atom. The van der Waals surface area contributed by atoms with E-state index in [0.29, 0.717) is 31.3 Å². The highest BCUT2D eigenvalue weighted by Gasteiger charge is 2.33. The minimum Gasteiger partial charge on any atom is -0.338 e. The van der Waals surface area contributed by atoms with Crippen LogP contribution in [-0.2, 0) is 0 Å². The molecule has 0 saturated carbocycles. The van der Waals surface area contributed by atoms with Crippen molar-refractivity contribution in [2.45, 2.75) is 13.0 Å². The number of aromatic nitrogens is 2. The zero-order valence-electron chi connectivity index (χ0n) is 12.8. The number of piperazine rings is 1. The Morgan fingerprint density at radius 3 is 2.87 bits per heavy atom. The van der Waals surface area contributed by atoms with E-state index in [0.717, 1.165) is 6.07 Å². The van der Waals surface area contributed by atoms with Crippen molar-refractivity contribution in [2.75, 3.05) is 26.7 Å². The molecule has 0 bridgehead atoms. The molecule has 1 aromatic carbocycles. The van der Waals surface area contributed by atoms with Gasteiger partial charge in [-0.1, -0.05) is 16.8 Å². The summed E-state index contributed by atoms with van der Waals surface area (Å²) in [4.78, 5) is 20.4. The van der Waals surface area contributed by atoms with Crippen LogP contribution in [0.2, 0.25) is 5.02 Å². The highest BCUT2D eigenvalue weighted by Crippen LogP contribution is 2.24. The molecular formula is C15H16ClFN4O2. The van der Waals surface area contributed by atoms with Gasteiger partial charge in [0.25, 0.3) is 5.91 Å². The van der Waals surface area contributed by atoms with Gasteiger partial charge in [0.05, 0.1) is 5.56 Å². The molecule has 1 aliphatic heterocycles. The Morgan fingerprint density at radius 1 is 1.43 bits per heavy atom. The smallest absolute Gasteiger partial charge is 0.256 e. The van der Waals surface area contributed by atoms with E-state index in [1.54, 1.807) is 11.8 Å². The van der Waals surface area contributed by atoms with Gasteiger partial charge >= 0.3 is 0 Å². The van der Waals surface area contributed by atoms with Gasteiger partial charge in [-0.05, 0) is 32.2 Å². The van der Waals surface area contributed by atoms with E-state index in [-0.39, 0.29) is 22.5 Å². The van der Waals surface area contributed by atoms with Gasteiger partial charge in [0.2, 0.25) is 5.89 Å². The fraction of sp³-hybridized carbons (Fsp3) is 0.400. The van der Waals surface area contributed by atoms with Crippen molar-refractivity contribution < 1.29 is 13.7 Å². The molecule has 23 heavy (non-hydrogen) atoms. The van der Waals surface area contributed by atoms with Crippen molar-refractivity contribution in [2.24, 2.45) is 0 Å². The molecule has 1 unspecified atom stereocenters. The van der Waals surface area contributed by atoms with E-state index in [9.17, 15) is 9.18 Å². The minimum atomic E-state index is -0.619. The van der Waals surface area contributed by atoms with Gasteiger partial charge in [-0.15, -0.1) is 0 Å². The van der Waals surface area contributed by atoms with Gasteiger partial charge in [-0.2, -0.15) is 4.98 Å². The maximum absolute atomic E-state index is 14.0. The first-order chi connectivity index (χ1) is 11.0. The number of hydrogen-bond acceptors (Lipinski definition) is 5. The molecule has 0 N–H and O–H groups in total. The first kappa shape index (κ1) is 15.9. The van der Waals surface area contributed by atoms with Crippen LogP contribution in [0.25, 0.3) is 0 Å². The van der Waals surface area contributed by atoms with Crippen LogP contribution in [0.3, 0.4) is 0 Å². The highest BCUT2D eigenvalue weighted by atomic mass is 35.5. The van der Waals surface area contributed by atoms with E-state index in [1.807, 2.05) is 11.9 Å². The van der Waals surface area contributed by atoms with Crippen molar-refractivity contribution in [3.05, 3.63) is 46.3 Å². The molecule has 1 atom stereocenters. The van der Waals surface area contributed by atoms with Crippen molar-refractivity contribution in [3.8, 4) is 0 Å². The number of nitrogens with zero attached hydrogens (tertiary/aromatic N) is 4. The molecule has 0 aliphatic carbocycles. The van der Waals surface area contributed by atoms with Crippen molar-refractivity contribution in [1.82, 2.24) is 19.9 Å². The van der Waals surface area contributed by atoms with Crippen LogP contribution in [0.5, 0.6) is 0 Å². The van der Waals surface area contributed by atoms with Gasteiger partial charge in [0.15, 0.2) is 5.82 Å². The zero-order chi connectivity index (χ0) is 16.6. The third-order valence-electron chi connectivity index (χ3n) is 3.93. The Labute approximate surface area is 137 Å². The molecule has 1 saturated heterocycles. The molecule has 1 fully saturated rings. The number of amides is 1. The number of aryl methyl sites for hydroxylation is 1. The summed E-state index contributed by atoms with van der Waals surface area (Å²) >= 11 is 5.73. The average Bonchev–Trinajstić information content (AvgIpc) is 2.93. The molecular weight excluding hydrogens is 323 g/mol. The zero-order valence-corrected chi connectivity index (χ0v) is 13.5. The van der Waals surface area contributed by atoms with Crippen LogP contribution in [0.1, 0.15) is 28.1 Å². The first-order valence-corrected chi connectivity index (χ1v) is 7.58. The summed E-state index contributed by atoms with van der Waals surface area (Å²) in [5.41, 5.74) is 0.0133. The SMILES string of the molecule is Cc1noc(C2CN(C(=O)c3ccc(Cl)cc3F)CCN2C)n1. The summed E-state index contributed by atoms with van der Waals surface area (Å²) in [6, 6.07) is 3.85. The molecule has 1 aromatic heterocycles. The molecule has 1 aliphatic rings. The number of carbonyl (C=O) groups excluding carboxylic acids is 1. The fourth-order valence-electron chi connectivity index (χ4n) is 2.61. The van der Waals surface area contributed by atoms with Crippen molar-refractivity contribution in [3.63, 3.8) is 0 Å². The minimum absolute atomic E-state index is 0.0133. The topological polar surface area (TPSA) is 62.5 Å². The van der Waals surface area contributed by atoms with E-state index in [2.05, 4.69) is 10.1 Å². The Hall–Kier alpha value is -1.99. The van der Waals surface area contributed by atoms with Crippen molar-refractivity contribution in [1.29, 1.82) is 0 Å². The standard InChI is InChI=1S/C15H16ClFN4O2/c1-9-18-14(23-19-9)13-8-21(6-5-20(13)2)15(22)11-4-3-10(16)7-12(11)17/h3-4,7,13H,5-6,8H2,1-2H3. The van der Waals surface area contributed by atoms with Crippen LogP contribution in [-0.4, -0.2) is 52.5 Å². The van der Waals surface area contributed by atoms with Crippen LogP contribution in [0.4, 0.5) is 4.39 Å². The third kappa shape index (κ3) is 3.20. The first-order valence-electron chi connectivity index (χ1n) is 7.20. The number of likely N-dealkylation sites (N-methyl/N-ethyl adjacent to an activating group) is 1. The lowest BCUT2D eigenvalue weighted by atomic mass is 10.1. The molecule has 2 heterocycles. The number of rotatable bonds is 2. The Bertz CT molecular complexity index is 736. The third-order valence-corrected chi connectivity index (χ3v) is 4.16. The maximum Gasteiger partial charge on any atom is 0.256 e. The molecule has 122 valence electrons. The van der Waals surface area contributed by atoms with Gasteiger partial charge < -0.3 is 9.42 Å². The van der Waals surface area contributed by atoms with E-state index >= 15 is 0 Å². The second-order valence-corrected chi connectivity index (χ2v) is 5.99. The Balaban J connectivity index is 1.81. The summed E-state index contributed by atoms with van der Waals surface area (Å²) < 4.78 is 19.2. The van der Waals surface area contributed by atoms with Crippen molar-refractivity contribution >= 4 is 17.5 Å². The van der Waals surface area contributed by atoms with Gasteiger partial charge in [-0.3, -0.25) is 9.69 Å². The summed E-state index contributed by atoms with van der Waals surface area (Å²) in [5.74, 6) is 0.0137. The van der Waals surface area contributed by atoms with Crippen LogP contribution in [0, 0.1) is 12.7 Å². The summed E-state index contributed by atoms with van der Waals surface area (Å²) in [6.07, 6.45) is 0. The van der Waals surface area contributed by atoms with Gasteiger partial charge in [0, 0.05) is 24.7 Å². The predicted octanol–water partition coefficient (Wildman–Crippen LogP) is 2.30. The van der Waals surface area contributed by atoms with Crippen LogP contribution >= 0.6 is 11.6 Å². The summed E-state index contributed by atoms with van der Waals surface area (Å²) in [7, 11) is 1.93. The monoisotopic (exact) mass is 338 g/mol. The van der Waals surface area contributed by atoms with Gasteiger partial charge in [-0.25, -0.2) is 4.39 Å². The maximum atomic E-state index is 14.0. The number of hydrogen-bond donors (Lipinski definition) is 0. The van der Waals surface area contributed by atoms with Crippen LogP contribution < -0.4 is 0 Å². The van der Waals surface area contributed by atoms with E-state index in [4.69, 9.17) is 16.1 Å². The second kappa shape index (κ2) is 6.25. The lowest BCUT2D eigenvalue weighted by Gasteiger charge is -2.37. The second-order valence-electron chi connectivity index (χ2n) is 5.55. The lowest BCUT2D eigenvalue weighted by Crippen LogP contribution is -2.49. The number of benzene rings is 1. The quantitative estimate of drug-likeness (QED) is 0.840. The van der Waals surface area contributed by atoms with Crippen LogP contribution in [0.15, 0.2) is 22.7 Å². The molecule has 3 rings (SSSR count). The Kier molecular flexibility index (Phi) is 4.32. The molecule has 0 spiro atoms. The summed E-state index contributed by atoms with van der Waals surface area (Å²) in [5, 5.41) is 4.05. The molecule has 8 heteroatoms. The normalized spacial score (nSPS) is 19.1.